The van der Waals surface area contributed by atoms with Gasteiger partial charge in [0, 0.05) is 12.6 Å². The van der Waals surface area contributed by atoms with Crippen LogP contribution in [0.2, 0.25) is 0 Å². The average molecular weight is 722 g/mol. The van der Waals surface area contributed by atoms with Crippen LogP contribution in [0.5, 0.6) is 0 Å². The lowest BCUT2D eigenvalue weighted by atomic mass is 9.78. The molecular weight excluding hydrogens is 634 g/mol. The molecule has 0 heterocycles. The van der Waals surface area contributed by atoms with Gasteiger partial charge in [-0.15, -0.1) is 0 Å². The molecule has 1 aliphatic carbocycles. The summed E-state index contributed by atoms with van der Waals surface area (Å²) in [7, 11) is 2.19. The van der Waals surface area contributed by atoms with E-state index in [2.05, 4.69) is 39.6 Å². The number of aliphatic hydroxyl groups excluding tert-OH is 1. The molecule has 1 N–H and O–H groups in total. The lowest BCUT2D eigenvalue weighted by Gasteiger charge is -2.39. The summed E-state index contributed by atoms with van der Waals surface area (Å²) in [5.41, 5.74) is 0. The Morgan fingerprint density at radius 2 is 0.882 bits per heavy atom. The molecule has 6 heteroatoms. The fourth-order valence-corrected chi connectivity index (χ4v) is 8.19. The zero-order valence-corrected chi connectivity index (χ0v) is 34.7. The molecule has 0 aromatic heterocycles. The zero-order chi connectivity index (χ0) is 37.4. The molecule has 1 rings (SSSR count). The Balaban J connectivity index is 2.86. The maximum Gasteiger partial charge on any atom is 0.308 e. The first kappa shape index (κ1) is 47.9. The van der Waals surface area contributed by atoms with Crippen molar-refractivity contribution in [2.75, 3.05) is 33.4 Å². The van der Waals surface area contributed by atoms with Gasteiger partial charge in [-0.3, -0.25) is 9.59 Å². The third-order valence-electron chi connectivity index (χ3n) is 11.6. The van der Waals surface area contributed by atoms with Crippen molar-refractivity contribution in [1.29, 1.82) is 0 Å². The van der Waals surface area contributed by atoms with Gasteiger partial charge >= 0.3 is 11.9 Å². The van der Waals surface area contributed by atoms with Gasteiger partial charge in [-0.05, 0) is 83.2 Å². The highest BCUT2D eigenvalue weighted by atomic mass is 16.5. The number of hydrogen-bond acceptors (Lipinski definition) is 6. The van der Waals surface area contributed by atoms with Crippen molar-refractivity contribution in [3.8, 4) is 0 Å². The van der Waals surface area contributed by atoms with Gasteiger partial charge in [0.15, 0.2) is 0 Å². The Labute approximate surface area is 317 Å². The third-order valence-corrected chi connectivity index (χ3v) is 11.6. The lowest BCUT2D eigenvalue weighted by molar-refractivity contribution is -0.152. The van der Waals surface area contributed by atoms with Gasteiger partial charge in [0.25, 0.3) is 0 Å². The van der Waals surface area contributed by atoms with Crippen molar-refractivity contribution < 1.29 is 24.2 Å². The van der Waals surface area contributed by atoms with Crippen LogP contribution in [0, 0.1) is 23.7 Å². The molecule has 0 saturated heterocycles. The van der Waals surface area contributed by atoms with Crippen molar-refractivity contribution >= 4 is 11.9 Å². The molecule has 302 valence electrons. The number of aliphatic hydroxyl groups is 1. The van der Waals surface area contributed by atoms with Crippen LogP contribution >= 0.6 is 0 Å². The average Bonchev–Trinajstić information content (AvgIpc) is 3.13. The second-order valence-corrected chi connectivity index (χ2v) is 16.5. The normalized spacial score (nSPS) is 17.9. The highest BCUT2D eigenvalue weighted by Crippen LogP contribution is 2.34. The van der Waals surface area contributed by atoms with E-state index in [1.165, 1.54) is 103 Å². The van der Waals surface area contributed by atoms with Crippen LogP contribution in [0.4, 0.5) is 0 Å². The molecule has 6 nitrogen and oxygen atoms in total. The zero-order valence-electron chi connectivity index (χ0n) is 34.7. The van der Waals surface area contributed by atoms with Gasteiger partial charge in [-0.2, -0.15) is 0 Å². The van der Waals surface area contributed by atoms with Crippen LogP contribution in [0.25, 0.3) is 0 Å². The summed E-state index contributed by atoms with van der Waals surface area (Å²) in [5.74, 6) is 0.628. The number of carbonyl (C=O) groups is 2. The van der Waals surface area contributed by atoms with E-state index < -0.39 is 0 Å². The predicted molar refractivity (Wildman–Crippen MR) is 216 cm³/mol. The molecule has 0 spiro atoms. The summed E-state index contributed by atoms with van der Waals surface area (Å²) in [6, 6.07) is 0.366. The van der Waals surface area contributed by atoms with Gasteiger partial charge in [-0.1, -0.05) is 156 Å². The number of ether oxygens (including phenoxy) is 2. The first-order valence-corrected chi connectivity index (χ1v) is 22.5. The second-order valence-electron chi connectivity index (χ2n) is 16.5. The van der Waals surface area contributed by atoms with Gasteiger partial charge in [0.2, 0.25) is 0 Å². The summed E-state index contributed by atoms with van der Waals surface area (Å²) >= 11 is 0. The first-order chi connectivity index (χ1) is 24.9. The molecule has 1 unspecified atom stereocenters. The molecular formula is C45H87NO5. The molecule has 0 aliphatic heterocycles. The smallest absolute Gasteiger partial charge is 0.308 e. The van der Waals surface area contributed by atoms with Crippen molar-refractivity contribution in [3.63, 3.8) is 0 Å². The molecule has 1 fully saturated rings. The highest BCUT2D eigenvalue weighted by molar-refractivity contribution is 5.72. The van der Waals surface area contributed by atoms with Crippen LogP contribution in [-0.2, 0) is 19.1 Å². The molecule has 0 aromatic rings. The quantitative estimate of drug-likeness (QED) is 0.0519. The maximum absolute atomic E-state index is 13.6. The standard InChI is InChI=1S/C45H87NO5/c1-6-10-14-18-22-28-41(29-23-19-15-11-7-2)44(48)50-37-39-34-40(36-43(35-39)46(5)32-26-27-33-47)38-51-45(49)42(30-24-20-16-12-8-3)31-25-21-17-13-9-4/h39-43,47H,6-38H2,1-5H3/t39-,40+,43?. The molecule has 0 amide bonds. The maximum atomic E-state index is 13.6. The van der Waals surface area contributed by atoms with Crippen molar-refractivity contribution in [1.82, 2.24) is 4.90 Å². The van der Waals surface area contributed by atoms with Gasteiger partial charge in [-0.25, -0.2) is 0 Å². The van der Waals surface area contributed by atoms with E-state index in [9.17, 15) is 14.7 Å². The summed E-state index contributed by atoms with van der Waals surface area (Å²) in [5, 5.41) is 9.36. The Hall–Kier alpha value is -1.14. The fourth-order valence-electron chi connectivity index (χ4n) is 8.19. The number of carbonyl (C=O) groups excluding carboxylic acids is 2. The topological polar surface area (TPSA) is 76.1 Å². The van der Waals surface area contributed by atoms with Crippen molar-refractivity contribution in [2.24, 2.45) is 23.7 Å². The lowest BCUT2D eigenvalue weighted by Crippen LogP contribution is -2.42. The molecule has 1 saturated carbocycles. The fraction of sp³-hybridized carbons (Fsp3) is 0.956. The third kappa shape index (κ3) is 24.7. The van der Waals surface area contributed by atoms with Crippen LogP contribution in [0.3, 0.4) is 0 Å². The van der Waals surface area contributed by atoms with E-state index in [1.807, 2.05) is 0 Å². The summed E-state index contributed by atoms with van der Waals surface area (Å²) in [6.07, 6.45) is 32.9. The summed E-state index contributed by atoms with van der Waals surface area (Å²) in [6.45, 7) is 11.1. The van der Waals surface area contributed by atoms with Crippen molar-refractivity contribution in [3.05, 3.63) is 0 Å². The molecule has 0 bridgehead atoms. The minimum Gasteiger partial charge on any atom is -0.465 e. The summed E-state index contributed by atoms with van der Waals surface area (Å²) in [4.78, 5) is 29.5. The molecule has 51 heavy (non-hydrogen) atoms. The Morgan fingerprint density at radius 3 is 1.22 bits per heavy atom. The van der Waals surface area contributed by atoms with Crippen LogP contribution in [-0.4, -0.2) is 61.4 Å². The Kier molecular flexibility index (Phi) is 31.4. The minimum absolute atomic E-state index is 0.0168. The van der Waals surface area contributed by atoms with Crippen LogP contribution in [0.1, 0.15) is 214 Å². The number of hydrogen-bond donors (Lipinski definition) is 1. The number of esters is 2. The molecule has 0 radical (unpaired) electrons. The van der Waals surface area contributed by atoms with E-state index >= 15 is 0 Å². The van der Waals surface area contributed by atoms with E-state index in [4.69, 9.17) is 9.47 Å². The number of rotatable bonds is 35. The molecule has 3 atom stereocenters. The molecule has 0 aromatic carbocycles. The van der Waals surface area contributed by atoms with Crippen molar-refractivity contribution in [2.45, 2.75) is 220 Å². The highest BCUT2D eigenvalue weighted by Gasteiger charge is 2.33. The monoisotopic (exact) mass is 722 g/mol. The van der Waals surface area contributed by atoms with E-state index in [0.717, 1.165) is 90.0 Å². The van der Waals surface area contributed by atoms with Gasteiger partial charge in [0.05, 0.1) is 25.0 Å². The Bertz CT molecular complexity index is 721. The minimum atomic E-state index is 0.0168. The molecule has 1 aliphatic rings. The predicted octanol–water partition coefficient (Wildman–Crippen LogP) is 12.2. The van der Waals surface area contributed by atoms with E-state index in [0.29, 0.717) is 19.3 Å². The second kappa shape index (κ2) is 33.4. The SMILES string of the molecule is CCCCCCCC(CCCCCCC)C(=O)OC[C@@H]1CC(N(C)CCCCO)C[C@H](COC(=O)C(CCCCCCC)CCCCCCC)C1. The van der Waals surface area contributed by atoms with Gasteiger partial charge in [0.1, 0.15) is 0 Å². The number of nitrogens with zero attached hydrogens (tertiary/aromatic N) is 1. The van der Waals surface area contributed by atoms with Gasteiger partial charge < -0.3 is 19.5 Å². The van der Waals surface area contributed by atoms with E-state index in [1.54, 1.807) is 0 Å². The van der Waals surface area contributed by atoms with Crippen LogP contribution < -0.4 is 0 Å². The largest absolute Gasteiger partial charge is 0.465 e. The number of unbranched alkanes of at least 4 members (excludes halogenated alkanes) is 17. The van der Waals surface area contributed by atoms with Crippen LogP contribution in [0.15, 0.2) is 0 Å². The first-order valence-electron chi connectivity index (χ1n) is 22.5. The summed E-state index contributed by atoms with van der Waals surface area (Å²) < 4.78 is 12.4. The van der Waals surface area contributed by atoms with E-state index in [-0.39, 0.29) is 42.2 Å². The Morgan fingerprint density at radius 1 is 0.529 bits per heavy atom.